The van der Waals surface area contributed by atoms with Crippen LogP contribution in [0.3, 0.4) is 0 Å². The number of hydrogen-bond acceptors (Lipinski definition) is 3. The van der Waals surface area contributed by atoms with Crippen molar-refractivity contribution in [3.63, 3.8) is 0 Å². The van der Waals surface area contributed by atoms with Crippen molar-refractivity contribution in [1.82, 2.24) is 14.6 Å². The average molecular weight is 190 g/mol. The van der Waals surface area contributed by atoms with E-state index in [0.29, 0.717) is 0 Å². The van der Waals surface area contributed by atoms with Gasteiger partial charge in [-0.25, -0.2) is 0 Å². The van der Waals surface area contributed by atoms with E-state index in [4.69, 9.17) is 5.73 Å². The van der Waals surface area contributed by atoms with Gasteiger partial charge in [0.15, 0.2) is 5.65 Å². The highest BCUT2D eigenvalue weighted by Gasteiger charge is 2.09. The van der Waals surface area contributed by atoms with Crippen LogP contribution in [-0.4, -0.2) is 14.6 Å². The molecule has 0 bridgehead atoms. The molecule has 4 nitrogen and oxygen atoms in total. The molecule has 0 aliphatic rings. The highest BCUT2D eigenvalue weighted by molar-refractivity contribution is 5.48. The number of fused-ring (bicyclic) bond motifs is 1. The van der Waals surface area contributed by atoms with Crippen LogP contribution in [0.5, 0.6) is 0 Å². The molecule has 2 aromatic rings. The molecule has 74 valence electrons. The maximum atomic E-state index is 5.85. The van der Waals surface area contributed by atoms with Crippen LogP contribution >= 0.6 is 0 Å². The molecule has 0 radical (unpaired) electrons. The quantitative estimate of drug-likeness (QED) is 0.776. The lowest BCUT2D eigenvalue weighted by Gasteiger charge is -2.06. The highest BCUT2D eigenvalue weighted by Crippen LogP contribution is 2.15. The standard InChI is InChI=1S/C10H14N4/c1-3-9-12-13-10-8(7(2)11)5-4-6-14(9)10/h4-7H,3,11H2,1-2H3. The first kappa shape index (κ1) is 9.15. The molecule has 2 rings (SSSR count). The van der Waals surface area contributed by atoms with Crippen molar-refractivity contribution in [1.29, 1.82) is 0 Å². The van der Waals surface area contributed by atoms with Crippen LogP contribution in [0.1, 0.15) is 31.3 Å². The van der Waals surface area contributed by atoms with Crippen molar-refractivity contribution >= 4 is 5.65 Å². The minimum Gasteiger partial charge on any atom is -0.324 e. The molecule has 0 aliphatic heterocycles. The van der Waals surface area contributed by atoms with E-state index in [1.165, 1.54) is 0 Å². The Labute approximate surface area is 82.8 Å². The summed E-state index contributed by atoms with van der Waals surface area (Å²) in [7, 11) is 0. The first-order valence-electron chi connectivity index (χ1n) is 4.82. The fraction of sp³-hybridized carbons (Fsp3) is 0.400. The van der Waals surface area contributed by atoms with Crippen molar-refractivity contribution < 1.29 is 0 Å². The van der Waals surface area contributed by atoms with E-state index in [1.54, 1.807) is 0 Å². The molecule has 0 saturated heterocycles. The van der Waals surface area contributed by atoms with Gasteiger partial charge in [-0.05, 0) is 13.0 Å². The molecule has 0 aliphatic carbocycles. The van der Waals surface area contributed by atoms with Gasteiger partial charge >= 0.3 is 0 Å². The normalized spacial score (nSPS) is 13.4. The maximum Gasteiger partial charge on any atom is 0.165 e. The minimum absolute atomic E-state index is 0.00685. The second kappa shape index (κ2) is 3.38. The van der Waals surface area contributed by atoms with Crippen LogP contribution in [0.25, 0.3) is 5.65 Å². The van der Waals surface area contributed by atoms with Gasteiger partial charge in [0.1, 0.15) is 5.82 Å². The van der Waals surface area contributed by atoms with E-state index in [0.717, 1.165) is 23.5 Å². The van der Waals surface area contributed by atoms with E-state index in [-0.39, 0.29) is 6.04 Å². The smallest absolute Gasteiger partial charge is 0.165 e. The monoisotopic (exact) mass is 190 g/mol. The summed E-state index contributed by atoms with van der Waals surface area (Å²) < 4.78 is 2.00. The predicted molar refractivity (Wildman–Crippen MR) is 55.0 cm³/mol. The van der Waals surface area contributed by atoms with Crippen LogP contribution in [-0.2, 0) is 6.42 Å². The maximum absolute atomic E-state index is 5.85. The molecule has 2 aromatic heterocycles. The molecule has 1 atom stereocenters. The van der Waals surface area contributed by atoms with Crippen molar-refractivity contribution in [2.24, 2.45) is 5.73 Å². The van der Waals surface area contributed by atoms with Crippen molar-refractivity contribution in [3.8, 4) is 0 Å². The van der Waals surface area contributed by atoms with Crippen LogP contribution in [0, 0.1) is 0 Å². The summed E-state index contributed by atoms with van der Waals surface area (Å²) in [5.74, 6) is 0.975. The Morgan fingerprint density at radius 1 is 1.50 bits per heavy atom. The number of aromatic nitrogens is 3. The van der Waals surface area contributed by atoms with Gasteiger partial charge in [-0.15, -0.1) is 10.2 Å². The lowest BCUT2D eigenvalue weighted by Crippen LogP contribution is -2.07. The molecule has 4 heteroatoms. The highest BCUT2D eigenvalue weighted by atomic mass is 15.2. The third kappa shape index (κ3) is 1.28. The Balaban J connectivity index is 2.70. The van der Waals surface area contributed by atoms with E-state index in [1.807, 2.05) is 29.7 Å². The SMILES string of the molecule is CCc1nnc2c(C(C)N)cccn12. The Morgan fingerprint density at radius 3 is 2.93 bits per heavy atom. The zero-order valence-corrected chi connectivity index (χ0v) is 8.44. The van der Waals surface area contributed by atoms with Gasteiger partial charge in [-0.3, -0.25) is 4.40 Å². The third-order valence-electron chi connectivity index (χ3n) is 2.34. The summed E-state index contributed by atoms with van der Waals surface area (Å²) in [5.41, 5.74) is 7.77. The van der Waals surface area contributed by atoms with Crippen LogP contribution < -0.4 is 5.73 Å². The van der Waals surface area contributed by atoms with Gasteiger partial charge in [-0.1, -0.05) is 13.0 Å². The summed E-state index contributed by atoms with van der Waals surface area (Å²) in [4.78, 5) is 0. The zero-order chi connectivity index (χ0) is 10.1. The molecule has 0 fully saturated rings. The molecule has 2 heterocycles. The Bertz CT molecular complexity index is 444. The van der Waals surface area contributed by atoms with E-state index in [2.05, 4.69) is 17.1 Å². The average Bonchev–Trinajstić information content (AvgIpc) is 2.59. The van der Waals surface area contributed by atoms with Crippen molar-refractivity contribution in [2.75, 3.05) is 0 Å². The molecular formula is C10H14N4. The largest absolute Gasteiger partial charge is 0.324 e. The van der Waals surface area contributed by atoms with Crippen molar-refractivity contribution in [3.05, 3.63) is 29.7 Å². The number of nitrogens with two attached hydrogens (primary N) is 1. The Kier molecular flexibility index (Phi) is 2.21. The van der Waals surface area contributed by atoms with Crippen LogP contribution in [0.2, 0.25) is 0 Å². The fourth-order valence-electron chi connectivity index (χ4n) is 1.58. The van der Waals surface area contributed by atoms with Gasteiger partial charge < -0.3 is 5.73 Å². The lowest BCUT2D eigenvalue weighted by molar-refractivity contribution is 0.814. The molecular weight excluding hydrogens is 176 g/mol. The molecule has 1 unspecified atom stereocenters. The topological polar surface area (TPSA) is 56.2 Å². The van der Waals surface area contributed by atoms with Crippen LogP contribution in [0.15, 0.2) is 18.3 Å². The van der Waals surface area contributed by atoms with Gasteiger partial charge in [-0.2, -0.15) is 0 Å². The Morgan fingerprint density at radius 2 is 2.29 bits per heavy atom. The number of nitrogens with zero attached hydrogens (tertiary/aromatic N) is 3. The molecule has 0 aromatic carbocycles. The fourth-order valence-corrected chi connectivity index (χ4v) is 1.58. The minimum atomic E-state index is -0.00685. The second-order valence-electron chi connectivity index (χ2n) is 3.42. The van der Waals surface area contributed by atoms with Gasteiger partial charge in [0, 0.05) is 24.2 Å². The summed E-state index contributed by atoms with van der Waals surface area (Å²) in [6.07, 6.45) is 2.85. The first-order valence-corrected chi connectivity index (χ1v) is 4.82. The van der Waals surface area contributed by atoms with Gasteiger partial charge in [0.05, 0.1) is 0 Å². The van der Waals surface area contributed by atoms with E-state index < -0.39 is 0 Å². The van der Waals surface area contributed by atoms with Crippen LogP contribution in [0.4, 0.5) is 0 Å². The molecule has 0 spiro atoms. The third-order valence-corrected chi connectivity index (χ3v) is 2.34. The predicted octanol–water partition coefficient (Wildman–Crippen LogP) is 1.31. The summed E-state index contributed by atoms with van der Waals surface area (Å²) in [6.45, 7) is 4.02. The number of rotatable bonds is 2. The summed E-state index contributed by atoms with van der Waals surface area (Å²) in [5, 5.41) is 8.26. The van der Waals surface area contributed by atoms with Gasteiger partial charge in [0.25, 0.3) is 0 Å². The number of aryl methyl sites for hydroxylation is 1. The summed E-state index contributed by atoms with van der Waals surface area (Å²) in [6, 6.07) is 3.97. The molecule has 2 N–H and O–H groups in total. The van der Waals surface area contributed by atoms with Gasteiger partial charge in [0.2, 0.25) is 0 Å². The molecule has 0 amide bonds. The number of pyridine rings is 1. The van der Waals surface area contributed by atoms with E-state index in [9.17, 15) is 0 Å². The summed E-state index contributed by atoms with van der Waals surface area (Å²) >= 11 is 0. The first-order chi connectivity index (χ1) is 6.74. The second-order valence-corrected chi connectivity index (χ2v) is 3.42. The number of hydrogen-bond donors (Lipinski definition) is 1. The molecule has 14 heavy (non-hydrogen) atoms. The molecule has 0 saturated carbocycles. The Hall–Kier alpha value is -1.42. The van der Waals surface area contributed by atoms with Crippen molar-refractivity contribution in [2.45, 2.75) is 26.3 Å². The lowest BCUT2D eigenvalue weighted by atomic mass is 10.1. The van der Waals surface area contributed by atoms with E-state index >= 15 is 0 Å². The zero-order valence-electron chi connectivity index (χ0n) is 8.44.